The molecule has 0 aliphatic carbocycles. The van der Waals surface area contributed by atoms with E-state index in [1.54, 1.807) is 42.7 Å². The van der Waals surface area contributed by atoms with E-state index in [1.807, 2.05) is 5.01 Å². The number of hydrogen-bond acceptors (Lipinski definition) is 7. The summed E-state index contributed by atoms with van der Waals surface area (Å²) in [5.74, 6) is -0.748. The zero-order valence-corrected chi connectivity index (χ0v) is 22.5. The number of halogens is 3. The highest BCUT2D eigenvalue weighted by atomic mass is 19.4. The average molecular weight is 568 g/mol. The smallest absolute Gasteiger partial charge is 0.508 e. The maximum atomic E-state index is 13.5. The quantitative estimate of drug-likeness (QED) is 0.395. The molecule has 0 spiro atoms. The van der Waals surface area contributed by atoms with Gasteiger partial charge >= 0.3 is 12.1 Å². The summed E-state index contributed by atoms with van der Waals surface area (Å²) in [5.41, 5.74) is 2.58. The van der Waals surface area contributed by atoms with E-state index in [0.29, 0.717) is 28.1 Å². The number of aliphatic hydroxyl groups excluding tert-OH is 1. The van der Waals surface area contributed by atoms with Crippen LogP contribution in [0.5, 0.6) is 11.5 Å². The Kier molecular flexibility index (Phi) is 6.07. The topological polar surface area (TPSA) is 84.5 Å². The van der Waals surface area contributed by atoms with Crippen molar-refractivity contribution in [1.29, 1.82) is 0 Å². The molecule has 9 nitrogen and oxygen atoms in total. The summed E-state index contributed by atoms with van der Waals surface area (Å²) in [6.07, 6.45) is 1.61. The Morgan fingerprint density at radius 1 is 1.24 bits per heavy atom. The first-order valence-corrected chi connectivity index (χ1v) is 13.0. The van der Waals surface area contributed by atoms with E-state index < -0.39 is 12.1 Å². The highest BCUT2D eigenvalue weighted by Gasteiger charge is 2.49. The number of benzene rings is 1. The van der Waals surface area contributed by atoms with E-state index in [4.69, 9.17) is 4.74 Å². The van der Waals surface area contributed by atoms with E-state index in [9.17, 15) is 23.1 Å². The van der Waals surface area contributed by atoms with Gasteiger partial charge in [0.05, 0.1) is 18.3 Å². The Morgan fingerprint density at radius 2 is 2.02 bits per heavy atom. The number of aliphatic hydroxyl groups is 1. The van der Waals surface area contributed by atoms with Gasteiger partial charge in [-0.2, -0.15) is 0 Å². The zero-order chi connectivity index (χ0) is 29.3. The molecule has 1 aromatic carbocycles. The van der Waals surface area contributed by atoms with Gasteiger partial charge < -0.3 is 14.6 Å². The molecule has 3 aliphatic heterocycles. The molecule has 0 saturated carbocycles. The first-order chi connectivity index (χ1) is 19.3. The minimum absolute atomic E-state index is 0.0169. The minimum atomic E-state index is -4.97. The maximum Gasteiger partial charge on any atom is 0.573 e. The van der Waals surface area contributed by atoms with E-state index >= 15 is 0 Å². The second-order valence-electron chi connectivity index (χ2n) is 10.8. The zero-order valence-electron chi connectivity index (χ0n) is 22.5. The van der Waals surface area contributed by atoms with Crippen molar-refractivity contribution in [3.8, 4) is 11.5 Å². The molecule has 1 saturated heterocycles. The molecule has 41 heavy (non-hydrogen) atoms. The number of hydrazine groups is 1. The fraction of sp³-hybridized carbons (Fsp3) is 0.310. The molecule has 0 amide bonds. The second kappa shape index (κ2) is 9.30. The number of fused-ring (bicyclic) bond motifs is 7. The third-order valence-electron chi connectivity index (χ3n) is 7.67. The van der Waals surface area contributed by atoms with Crippen LogP contribution in [0.15, 0.2) is 83.7 Å². The molecular formula is C29H28F3N5O4. The first-order valence-electron chi connectivity index (χ1n) is 13.0. The number of aromatic nitrogens is 3. The number of nitrogens with zero attached hydrogens (tertiary/aromatic N) is 5. The predicted molar refractivity (Wildman–Crippen MR) is 145 cm³/mol. The third-order valence-corrected chi connectivity index (χ3v) is 7.67. The molecule has 12 heteroatoms. The Hall–Kier alpha value is -4.45. The monoisotopic (exact) mass is 567 g/mol. The molecular weight excluding hydrogens is 539 g/mol. The molecule has 0 radical (unpaired) electrons. The van der Waals surface area contributed by atoms with Gasteiger partial charge in [-0.15, -0.1) is 18.3 Å². The Bertz CT molecular complexity index is 1720. The van der Waals surface area contributed by atoms with Gasteiger partial charge in [0.1, 0.15) is 12.4 Å². The minimum Gasteiger partial charge on any atom is -0.508 e. The van der Waals surface area contributed by atoms with Crippen LogP contribution < -0.4 is 15.2 Å². The summed E-state index contributed by atoms with van der Waals surface area (Å²) in [6.45, 7) is 11.7. The average Bonchev–Trinajstić information content (AvgIpc) is 3.39. The van der Waals surface area contributed by atoms with Crippen LogP contribution in [0.1, 0.15) is 43.9 Å². The Labute approximate surface area is 233 Å². The van der Waals surface area contributed by atoms with Crippen molar-refractivity contribution < 1.29 is 27.8 Å². The van der Waals surface area contributed by atoms with Gasteiger partial charge in [0, 0.05) is 29.1 Å². The van der Waals surface area contributed by atoms with Crippen LogP contribution in [-0.4, -0.2) is 47.8 Å². The van der Waals surface area contributed by atoms with Crippen molar-refractivity contribution in [2.24, 2.45) is 0 Å². The van der Waals surface area contributed by atoms with Crippen molar-refractivity contribution in [2.75, 3.05) is 6.61 Å². The Balaban J connectivity index is 1.40. The number of hydrogen-bond donors (Lipinski definition) is 1. The van der Waals surface area contributed by atoms with Gasteiger partial charge in [0.15, 0.2) is 17.1 Å². The van der Waals surface area contributed by atoms with Crippen LogP contribution in [0.25, 0.3) is 11.3 Å². The summed E-state index contributed by atoms with van der Waals surface area (Å²) in [6, 6.07) is 7.87. The van der Waals surface area contributed by atoms with Gasteiger partial charge in [-0.1, -0.05) is 19.2 Å². The predicted octanol–water partition coefficient (Wildman–Crippen LogP) is 5.49. The van der Waals surface area contributed by atoms with Crippen LogP contribution in [-0.2, 0) is 6.54 Å². The van der Waals surface area contributed by atoms with Crippen molar-refractivity contribution in [1.82, 2.24) is 24.2 Å². The lowest BCUT2D eigenvalue weighted by molar-refractivity contribution is -0.275. The van der Waals surface area contributed by atoms with Crippen molar-refractivity contribution >= 4 is 11.3 Å². The largest absolute Gasteiger partial charge is 0.573 e. The van der Waals surface area contributed by atoms with Gasteiger partial charge in [-0.05, 0) is 68.2 Å². The molecule has 1 fully saturated rings. The summed E-state index contributed by atoms with van der Waals surface area (Å²) in [4.78, 5) is 12.6. The van der Waals surface area contributed by atoms with E-state index in [0.717, 1.165) is 18.4 Å². The summed E-state index contributed by atoms with van der Waals surface area (Å²) >= 11 is 0. The molecule has 214 valence electrons. The van der Waals surface area contributed by atoms with Gasteiger partial charge in [-0.25, -0.2) is 14.5 Å². The van der Waals surface area contributed by atoms with Gasteiger partial charge in [-0.3, -0.25) is 9.41 Å². The summed E-state index contributed by atoms with van der Waals surface area (Å²) in [5, 5.41) is 18.4. The number of ether oxygens (including phenoxy) is 2. The fourth-order valence-electron chi connectivity index (χ4n) is 5.85. The molecule has 6 rings (SSSR count). The SMILES string of the molecule is C=C(O)C1=CN2C(=CC1=C)c1cc(OC(F)(F)F)c(OCCn3nc4ccccn4c3=O)cc1[C@H]1CCC(C)(C)N12. The highest BCUT2D eigenvalue weighted by molar-refractivity contribution is 5.78. The number of alkyl halides is 3. The molecule has 0 unspecified atom stereocenters. The highest BCUT2D eigenvalue weighted by Crippen LogP contribution is 2.54. The second-order valence-corrected chi connectivity index (χ2v) is 10.8. The lowest BCUT2D eigenvalue weighted by Gasteiger charge is -2.50. The van der Waals surface area contributed by atoms with E-state index in [2.05, 4.69) is 41.8 Å². The summed E-state index contributed by atoms with van der Waals surface area (Å²) in [7, 11) is 0. The van der Waals surface area contributed by atoms with Crippen LogP contribution in [0, 0.1) is 0 Å². The van der Waals surface area contributed by atoms with E-state index in [-0.39, 0.29) is 41.9 Å². The third kappa shape index (κ3) is 4.57. The van der Waals surface area contributed by atoms with Crippen LogP contribution in [0.4, 0.5) is 13.2 Å². The Morgan fingerprint density at radius 3 is 2.73 bits per heavy atom. The molecule has 5 heterocycles. The molecule has 1 atom stereocenters. The molecule has 0 bridgehead atoms. The number of pyridine rings is 1. The van der Waals surface area contributed by atoms with Gasteiger partial charge in [0.2, 0.25) is 0 Å². The normalized spacial score (nSPS) is 19.8. The lowest BCUT2D eigenvalue weighted by Crippen LogP contribution is -2.51. The van der Waals surface area contributed by atoms with Crippen molar-refractivity contribution in [2.45, 2.75) is 51.2 Å². The molecule has 1 N–H and O–H groups in total. The lowest BCUT2D eigenvalue weighted by atomic mass is 9.90. The molecule has 2 aromatic heterocycles. The van der Waals surface area contributed by atoms with Gasteiger partial charge in [0.25, 0.3) is 0 Å². The van der Waals surface area contributed by atoms with Crippen molar-refractivity contribution in [3.05, 3.63) is 100 Å². The maximum absolute atomic E-state index is 13.5. The van der Waals surface area contributed by atoms with Crippen LogP contribution in [0.2, 0.25) is 0 Å². The molecule has 3 aliphatic rings. The number of allylic oxidation sites excluding steroid dienone is 2. The summed E-state index contributed by atoms with van der Waals surface area (Å²) < 4.78 is 53.5. The van der Waals surface area contributed by atoms with E-state index in [1.165, 1.54) is 15.1 Å². The molecule has 3 aromatic rings. The van der Waals surface area contributed by atoms with Crippen LogP contribution >= 0.6 is 0 Å². The standard InChI is InChI=1S/C29H28F3N5O4/c1-17-13-23-20-15-25(41-29(30,31)32)24(40-12-11-35-27(39)34-10-6-5-7-26(34)33-35)14-19(20)22-8-9-28(3,4)37(22)36(23)16-21(17)18(2)38/h5-7,10,13-16,22,38H,1-2,8-9,11-12H2,3-4H3/t22-/m1/s1. The first kappa shape index (κ1) is 26.8. The van der Waals surface area contributed by atoms with Crippen molar-refractivity contribution in [3.63, 3.8) is 0 Å². The fourth-order valence-corrected chi connectivity index (χ4v) is 5.85. The van der Waals surface area contributed by atoms with Crippen LogP contribution in [0.3, 0.4) is 0 Å². The number of rotatable bonds is 6.